The van der Waals surface area contributed by atoms with Gasteiger partial charge in [-0.3, -0.25) is 0 Å². The molecule has 0 aliphatic rings. The lowest BCUT2D eigenvalue weighted by Gasteiger charge is -2.06. The third-order valence-corrected chi connectivity index (χ3v) is 2.56. The first-order chi connectivity index (χ1) is 8.26. The number of hydrogen-bond donors (Lipinski definition) is 1. The van der Waals surface area contributed by atoms with E-state index in [1.165, 1.54) is 12.8 Å². The van der Waals surface area contributed by atoms with Crippen LogP contribution in [0.3, 0.4) is 0 Å². The topological polar surface area (TPSA) is 29.5 Å². The van der Waals surface area contributed by atoms with Gasteiger partial charge in [0.1, 0.15) is 5.75 Å². The Kier molecular flexibility index (Phi) is 6.41. The minimum absolute atomic E-state index is 0.106. The summed E-state index contributed by atoms with van der Waals surface area (Å²) >= 11 is 0. The maximum absolute atomic E-state index is 8.92. The number of hydrogen-bond acceptors (Lipinski definition) is 2. The molecule has 0 spiro atoms. The average molecular weight is 234 g/mol. The Balaban J connectivity index is 2.45. The summed E-state index contributed by atoms with van der Waals surface area (Å²) < 4.78 is 5.62. The Hall–Kier alpha value is -1.28. The minimum atomic E-state index is 0.106. The summed E-state index contributed by atoms with van der Waals surface area (Å²) in [6.45, 7) is 4.99. The molecule has 0 unspecified atom stereocenters. The lowest BCUT2D eigenvalue weighted by molar-refractivity contribution is 0.306. The van der Waals surface area contributed by atoms with Crippen LogP contribution in [-0.4, -0.2) is 18.3 Å². The van der Waals surface area contributed by atoms with Crippen LogP contribution in [0.15, 0.2) is 29.8 Å². The number of benzene rings is 1. The molecule has 17 heavy (non-hydrogen) atoms. The van der Waals surface area contributed by atoms with E-state index in [0.717, 1.165) is 29.9 Å². The molecule has 2 nitrogen and oxygen atoms in total. The number of rotatable bonds is 7. The van der Waals surface area contributed by atoms with Crippen LogP contribution in [0, 0.1) is 0 Å². The van der Waals surface area contributed by atoms with Crippen molar-refractivity contribution in [3.63, 3.8) is 0 Å². The third kappa shape index (κ3) is 5.55. The fourth-order valence-corrected chi connectivity index (χ4v) is 1.53. The average Bonchev–Trinajstić information content (AvgIpc) is 2.36. The van der Waals surface area contributed by atoms with Gasteiger partial charge < -0.3 is 9.84 Å². The summed E-state index contributed by atoms with van der Waals surface area (Å²) in [5.41, 5.74) is 2.05. The van der Waals surface area contributed by atoms with E-state index < -0.39 is 0 Å². The van der Waals surface area contributed by atoms with E-state index >= 15 is 0 Å². The maximum Gasteiger partial charge on any atom is 0.119 e. The Morgan fingerprint density at radius 2 is 1.94 bits per heavy atom. The van der Waals surface area contributed by atoms with E-state index in [2.05, 4.69) is 6.92 Å². The zero-order valence-corrected chi connectivity index (χ0v) is 10.8. The normalized spacial score (nSPS) is 11.6. The molecule has 0 radical (unpaired) electrons. The highest BCUT2D eigenvalue weighted by Gasteiger charge is 1.94. The van der Waals surface area contributed by atoms with Gasteiger partial charge in [0.2, 0.25) is 0 Å². The summed E-state index contributed by atoms with van der Waals surface area (Å²) in [4.78, 5) is 0. The van der Waals surface area contributed by atoms with Gasteiger partial charge in [-0.2, -0.15) is 0 Å². The van der Waals surface area contributed by atoms with Crippen molar-refractivity contribution in [3.8, 4) is 5.75 Å². The Morgan fingerprint density at radius 1 is 1.24 bits per heavy atom. The van der Waals surface area contributed by atoms with Crippen LogP contribution in [0.2, 0.25) is 0 Å². The highest BCUT2D eigenvalue weighted by molar-refractivity contribution is 5.53. The van der Waals surface area contributed by atoms with Gasteiger partial charge in [-0.15, -0.1) is 0 Å². The molecule has 0 aromatic heterocycles. The number of ether oxygens (including phenoxy) is 1. The second-order valence-corrected chi connectivity index (χ2v) is 4.27. The highest BCUT2D eigenvalue weighted by atomic mass is 16.5. The molecular formula is C15H22O2. The van der Waals surface area contributed by atoms with Crippen molar-refractivity contribution in [2.24, 2.45) is 0 Å². The van der Waals surface area contributed by atoms with E-state index in [1.807, 2.05) is 37.3 Å². The highest BCUT2D eigenvalue weighted by Crippen LogP contribution is 2.14. The van der Waals surface area contributed by atoms with Crippen LogP contribution in [0.5, 0.6) is 5.75 Å². The van der Waals surface area contributed by atoms with E-state index in [0.29, 0.717) is 0 Å². The first-order valence-electron chi connectivity index (χ1n) is 6.27. The molecule has 1 aromatic carbocycles. The van der Waals surface area contributed by atoms with Gasteiger partial charge in [0.05, 0.1) is 13.2 Å². The Bertz CT molecular complexity index is 338. The molecule has 0 fully saturated rings. The maximum atomic E-state index is 8.92. The second-order valence-electron chi connectivity index (χ2n) is 4.27. The third-order valence-electron chi connectivity index (χ3n) is 2.56. The zero-order chi connectivity index (χ0) is 12.5. The molecular weight excluding hydrogens is 212 g/mol. The SMILES string of the molecule is CCCCCOc1ccc(C=C(C)CO)cc1. The molecule has 0 amide bonds. The smallest absolute Gasteiger partial charge is 0.119 e. The number of aliphatic hydroxyl groups is 1. The first kappa shape index (κ1) is 13.8. The molecule has 0 bridgehead atoms. The van der Waals surface area contributed by atoms with Crippen LogP contribution in [0.1, 0.15) is 38.7 Å². The predicted octanol–water partition coefficient (Wildman–Crippen LogP) is 3.65. The van der Waals surface area contributed by atoms with Gasteiger partial charge in [-0.05, 0) is 36.6 Å². The number of unbranched alkanes of at least 4 members (excludes halogenated alkanes) is 2. The van der Waals surface area contributed by atoms with Crippen LogP contribution < -0.4 is 4.74 Å². The van der Waals surface area contributed by atoms with E-state index in [9.17, 15) is 0 Å². The van der Waals surface area contributed by atoms with Crippen LogP contribution >= 0.6 is 0 Å². The zero-order valence-electron chi connectivity index (χ0n) is 10.8. The molecule has 0 saturated heterocycles. The first-order valence-corrected chi connectivity index (χ1v) is 6.27. The van der Waals surface area contributed by atoms with Crippen LogP contribution in [0.25, 0.3) is 6.08 Å². The van der Waals surface area contributed by atoms with Crippen molar-refractivity contribution < 1.29 is 9.84 Å². The van der Waals surface area contributed by atoms with Crippen molar-refractivity contribution in [1.82, 2.24) is 0 Å². The van der Waals surface area contributed by atoms with Gasteiger partial charge in [-0.25, -0.2) is 0 Å². The van der Waals surface area contributed by atoms with Crippen molar-refractivity contribution in [3.05, 3.63) is 35.4 Å². The van der Waals surface area contributed by atoms with Gasteiger partial charge >= 0.3 is 0 Å². The summed E-state index contributed by atoms with van der Waals surface area (Å²) in [7, 11) is 0. The molecule has 0 aliphatic heterocycles. The molecule has 1 rings (SSSR count). The van der Waals surface area contributed by atoms with Gasteiger partial charge in [0, 0.05) is 0 Å². The molecule has 1 N–H and O–H groups in total. The molecule has 1 aromatic rings. The monoisotopic (exact) mass is 234 g/mol. The molecule has 2 heteroatoms. The van der Waals surface area contributed by atoms with Crippen LogP contribution in [0.4, 0.5) is 0 Å². The fourth-order valence-electron chi connectivity index (χ4n) is 1.53. The fraction of sp³-hybridized carbons (Fsp3) is 0.467. The Labute approximate surface area is 104 Å². The van der Waals surface area contributed by atoms with Gasteiger partial charge in [0.15, 0.2) is 0 Å². The second kappa shape index (κ2) is 7.91. The van der Waals surface area contributed by atoms with Gasteiger partial charge in [0.25, 0.3) is 0 Å². The summed E-state index contributed by atoms with van der Waals surface area (Å²) in [5.74, 6) is 0.917. The van der Waals surface area contributed by atoms with Crippen molar-refractivity contribution in [2.75, 3.05) is 13.2 Å². The van der Waals surface area contributed by atoms with Gasteiger partial charge in [-0.1, -0.05) is 38.0 Å². The van der Waals surface area contributed by atoms with Crippen molar-refractivity contribution >= 4 is 6.08 Å². The largest absolute Gasteiger partial charge is 0.494 e. The summed E-state index contributed by atoms with van der Waals surface area (Å²) in [6, 6.07) is 7.97. The summed E-state index contributed by atoms with van der Waals surface area (Å²) in [5, 5.41) is 8.92. The van der Waals surface area contributed by atoms with Crippen molar-refractivity contribution in [1.29, 1.82) is 0 Å². The lowest BCUT2D eigenvalue weighted by atomic mass is 10.1. The van der Waals surface area contributed by atoms with E-state index in [4.69, 9.17) is 9.84 Å². The molecule has 0 saturated carbocycles. The quantitative estimate of drug-likeness (QED) is 0.730. The van der Waals surface area contributed by atoms with Crippen molar-refractivity contribution in [2.45, 2.75) is 33.1 Å². The van der Waals surface area contributed by atoms with E-state index in [1.54, 1.807) is 0 Å². The number of aliphatic hydroxyl groups excluding tert-OH is 1. The molecule has 0 atom stereocenters. The van der Waals surface area contributed by atoms with E-state index in [-0.39, 0.29) is 6.61 Å². The lowest BCUT2D eigenvalue weighted by Crippen LogP contribution is -1.96. The Morgan fingerprint density at radius 3 is 2.53 bits per heavy atom. The molecule has 94 valence electrons. The predicted molar refractivity (Wildman–Crippen MR) is 72.2 cm³/mol. The molecule has 0 aliphatic carbocycles. The van der Waals surface area contributed by atoms with Crippen LogP contribution in [-0.2, 0) is 0 Å². The standard InChI is InChI=1S/C15H22O2/c1-3-4-5-10-17-15-8-6-14(7-9-15)11-13(2)12-16/h6-9,11,16H,3-5,10,12H2,1-2H3. The minimum Gasteiger partial charge on any atom is -0.494 e. The molecule has 0 heterocycles. The summed E-state index contributed by atoms with van der Waals surface area (Å²) in [6.07, 6.45) is 5.52.